The van der Waals surface area contributed by atoms with Crippen molar-refractivity contribution in [1.82, 2.24) is 0 Å². The van der Waals surface area contributed by atoms with Gasteiger partial charge in [0, 0.05) is 24.2 Å². The smallest absolute Gasteiger partial charge is 0.274 e. The zero-order valence-electron chi connectivity index (χ0n) is 11.8. The minimum Gasteiger partial charge on any atom is -0.381 e. The molecule has 0 radical (unpaired) electrons. The molecule has 0 spiro atoms. The summed E-state index contributed by atoms with van der Waals surface area (Å²) in [6, 6.07) is 15.3. The lowest BCUT2D eigenvalue weighted by atomic mass is 10.1. The molecular weight excluding hydrogens is 266 g/mol. The average molecular weight is 283 g/mol. The van der Waals surface area contributed by atoms with Crippen molar-refractivity contribution < 1.29 is 4.92 Å². The van der Waals surface area contributed by atoms with Crippen molar-refractivity contribution in [3.05, 3.63) is 64.2 Å². The van der Waals surface area contributed by atoms with E-state index in [1.165, 1.54) is 0 Å². The number of fused-ring (bicyclic) bond motifs is 1. The van der Waals surface area contributed by atoms with E-state index in [0.717, 1.165) is 23.5 Å². The fourth-order valence-electron chi connectivity index (χ4n) is 2.73. The lowest BCUT2D eigenvalue weighted by Crippen LogP contribution is -2.41. The molecule has 0 aliphatic carbocycles. The Morgan fingerprint density at radius 1 is 1.24 bits per heavy atom. The monoisotopic (exact) mass is 283 g/mol. The van der Waals surface area contributed by atoms with Crippen LogP contribution >= 0.6 is 0 Å². The second-order valence-corrected chi connectivity index (χ2v) is 5.26. The van der Waals surface area contributed by atoms with E-state index in [1.807, 2.05) is 36.4 Å². The van der Waals surface area contributed by atoms with Gasteiger partial charge in [-0.15, -0.1) is 0 Å². The molecule has 0 aromatic heterocycles. The Bertz CT molecular complexity index is 672. The Balaban J connectivity index is 1.97. The molecule has 1 aliphatic rings. The maximum absolute atomic E-state index is 11.2. The van der Waals surface area contributed by atoms with Gasteiger partial charge in [0.1, 0.15) is 0 Å². The lowest BCUT2D eigenvalue weighted by Gasteiger charge is -2.37. The Kier molecular flexibility index (Phi) is 3.48. The summed E-state index contributed by atoms with van der Waals surface area (Å²) in [5.74, 6) is 0. The Labute approximate surface area is 123 Å². The van der Waals surface area contributed by atoms with E-state index < -0.39 is 0 Å². The molecule has 5 nitrogen and oxygen atoms in total. The molecule has 0 bridgehead atoms. The predicted octanol–water partition coefficient (Wildman–Crippen LogP) is 3.42. The summed E-state index contributed by atoms with van der Waals surface area (Å²) in [6.45, 7) is 3.49. The lowest BCUT2D eigenvalue weighted by molar-refractivity contribution is -0.385. The first-order valence-corrected chi connectivity index (χ1v) is 6.98. The van der Waals surface area contributed by atoms with Gasteiger partial charge in [0.25, 0.3) is 5.69 Å². The molecule has 108 valence electrons. The standard InChI is InChI=1S/C16H17N3O2/c1-12-10-17-14-7-3-5-9-16(14)18(12)11-13-6-2-4-8-15(13)19(20)21/h2-9,12,17H,10-11H2,1H3. The summed E-state index contributed by atoms with van der Waals surface area (Å²) in [4.78, 5) is 13.1. The largest absolute Gasteiger partial charge is 0.381 e. The first-order chi connectivity index (χ1) is 10.2. The summed E-state index contributed by atoms with van der Waals surface area (Å²) in [6.07, 6.45) is 0. The van der Waals surface area contributed by atoms with Crippen LogP contribution in [-0.2, 0) is 6.54 Å². The van der Waals surface area contributed by atoms with Crippen molar-refractivity contribution in [3.8, 4) is 0 Å². The molecule has 0 fully saturated rings. The zero-order valence-corrected chi connectivity index (χ0v) is 11.8. The second-order valence-electron chi connectivity index (χ2n) is 5.26. The van der Waals surface area contributed by atoms with E-state index in [2.05, 4.69) is 17.1 Å². The van der Waals surface area contributed by atoms with Gasteiger partial charge in [-0.05, 0) is 19.1 Å². The topological polar surface area (TPSA) is 58.4 Å². The quantitative estimate of drug-likeness (QED) is 0.692. The molecule has 1 heterocycles. The minimum absolute atomic E-state index is 0.181. The molecule has 1 atom stereocenters. The van der Waals surface area contributed by atoms with Gasteiger partial charge in [0.15, 0.2) is 0 Å². The van der Waals surface area contributed by atoms with Gasteiger partial charge in [0.05, 0.1) is 22.8 Å². The van der Waals surface area contributed by atoms with Crippen molar-refractivity contribution in [2.24, 2.45) is 0 Å². The van der Waals surface area contributed by atoms with Crippen LogP contribution in [0.2, 0.25) is 0 Å². The number of hydrogen-bond acceptors (Lipinski definition) is 4. The SMILES string of the molecule is CC1CNc2ccccc2N1Cc1ccccc1[N+](=O)[O-]. The first-order valence-electron chi connectivity index (χ1n) is 6.98. The van der Waals surface area contributed by atoms with Crippen LogP contribution in [0, 0.1) is 10.1 Å². The van der Waals surface area contributed by atoms with E-state index in [0.29, 0.717) is 6.54 Å². The highest BCUT2D eigenvalue weighted by Crippen LogP contribution is 2.33. The average Bonchev–Trinajstić information content (AvgIpc) is 2.50. The maximum Gasteiger partial charge on any atom is 0.274 e. The summed E-state index contributed by atoms with van der Waals surface area (Å²) >= 11 is 0. The first kappa shape index (κ1) is 13.4. The molecule has 5 heteroatoms. The van der Waals surface area contributed by atoms with Gasteiger partial charge < -0.3 is 10.2 Å². The molecule has 0 saturated heterocycles. The highest BCUT2D eigenvalue weighted by Gasteiger charge is 2.24. The van der Waals surface area contributed by atoms with E-state index in [1.54, 1.807) is 12.1 Å². The normalized spacial score (nSPS) is 17.0. The number of para-hydroxylation sites is 3. The molecule has 0 amide bonds. The van der Waals surface area contributed by atoms with Gasteiger partial charge in [-0.1, -0.05) is 30.3 Å². The number of nitro groups is 1. The molecule has 1 aliphatic heterocycles. The maximum atomic E-state index is 11.2. The molecule has 0 saturated carbocycles. The summed E-state index contributed by atoms with van der Waals surface area (Å²) in [5, 5.41) is 14.6. The zero-order chi connectivity index (χ0) is 14.8. The molecule has 1 N–H and O–H groups in total. The van der Waals surface area contributed by atoms with Crippen LogP contribution in [-0.4, -0.2) is 17.5 Å². The Morgan fingerprint density at radius 2 is 1.95 bits per heavy atom. The van der Waals surface area contributed by atoms with Gasteiger partial charge >= 0.3 is 0 Å². The summed E-state index contributed by atoms with van der Waals surface area (Å²) in [7, 11) is 0. The van der Waals surface area contributed by atoms with Crippen molar-refractivity contribution in [3.63, 3.8) is 0 Å². The molecule has 1 unspecified atom stereocenters. The third-order valence-corrected chi connectivity index (χ3v) is 3.86. The molecule has 3 rings (SSSR count). The van der Waals surface area contributed by atoms with Crippen LogP contribution in [0.15, 0.2) is 48.5 Å². The minimum atomic E-state index is -0.311. The van der Waals surface area contributed by atoms with Crippen LogP contribution in [0.4, 0.5) is 17.1 Å². The molecular formula is C16H17N3O2. The van der Waals surface area contributed by atoms with E-state index in [4.69, 9.17) is 0 Å². The fraction of sp³-hybridized carbons (Fsp3) is 0.250. The number of hydrogen-bond donors (Lipinski definition) is 1. The van der Waals surface area contributed by atoms with Crippen molar-refractivity contribution in [2.75, 3.05) is 16.8 Å². The second kappa shape index (κ2) is 5.44. The summed E-state index contributed by atoms with van der Waals surface area (Å²) in [5.41, 5.74) is 3.09. The van der Waals surface area contributed by atoms with Gasteiger partial charge in [0.2, 0.25) is 0 Å². The number of nitro benzene ring substituents is 1. The number of benzene rings is 2. The fourth-order valence-corrected chi connectivity index (χ4v) is 2.73. The van der Waals surface area contributed by atoms with Crippen molar-refractivity contribution in [2.45, 2.75) is 19.5 Å². The van der Waals surface area contributed by atoms with E-state index in [9.17, 15) is 10.1 Å². The molecule has 21 heavy (non-hydrogen) atoms. The highest BCUT2D eigenvalue weighted by molar-refractivity contribution is 5.72. The van der Waals surface area contributed by atoms with Gasteiger partial charge in [-0.25, -0.2) is 0 Å². The van der Waals surface area contributed by atoms with E-state index in [-0.39, 0.29) is 16.7 Å². The summed E-state index contributed by atoms with van der Waals surface area (Å²) < 4.78 is 0. The Hall–Kier alpha value is -2.56. The van der Waals surface area contributed by atoms with Gasteiger partial charge in [-0.3, -0.25) is 10.1 Å². The Morgan fingerprint density at radius 3 is 2.76 bits per heavy atom. The number of rotatable bonds is 3. The third kappa shape index (κ3) is 2.54. The van der Waals surface area contributed by atoms with Crippen molar-refractivity contribution >= 4 is 17.1 Å². The molecule has 2 aromatic carbocycles. The van der Waals surface area contributed by atoms with Gasteiger partial charge in [-0.2, -0.15) is 0 Å². The predicted molar refractivity (Wildman–Crippen MR) is 83.7 cm³/mol. The van der Waals surface area contributed by atoms with Crippen LogP contribution in [0.1, 0.15) is 12.5 Å². The van der Waals surface area contributed by atoms with Crippen molar-refractivity contribution in [1.29, 1.82) is 0 Å². The number of nitrogens with zero attached hydrogens (tertiary/aromatic N) is 2. The number of anilines is 2. The van der Waals surface area contributed by atoms with Crippen LogP contribution in [0.25, 0.3) is 0 Å². The number of nitrogens with one attached hydrogen (secondary N) is 1. The molecule has 2 aromatic rings. The third-order valence-electron chi connectivity index (χ3n) is 3.86. The highest BCUT2D eigenvalue weighted by atomic mass is 16.6. The van der Waals surface area contributed by atoms with Crippen LogP contribution in [0.5, 0.6) is 0 Å². The van der Waals surface area contributed by atoms with Crippen LogP contribution in [0.3, 0.4) is 0 Å². The van der Waals surface area contributed by atoms with E-state index >= 15 is 0 Å². The van der Waals surface area contributed by atoms with Crippen LogP contribution < -0.4 is 10.2 Å².